The summed E-state index contributed by atoms with van der Waals surface area (Å²) in [5.74, 6) is 0. The smallest absolute Gasteiger partial charge is 0.0854 e. The summed E-state index contributed by atoms with van der Waals surface area (Å²) in [6.45, 7) is 4.21. The molecule has 0 aliphatic carbocycles. The Labute approximate surface area is 129 Å². The van der Waals surface area contributed by atoms with E-state index in [4.69, 9.17) is 0 Å². The van der Waals surface area contributed by atoms with Gasteiger partial charge in [-0.05, 0) is 42.7 Å². The van der Waals surface area contributed by atoms with Crippen molar-refractivity contribution in [2.24, 2.45) is 0 Å². The van der Waals surface area contributed by atoms with Gasteiger partial charge in [0, 0.05) is 10.2 Å². The number of hydrogen-bond donors (Lipinski definition) is 2. The number of nitrogens with one attached hydrogen (secondary N) is 1. The van der Waals surface area contributed by atoms with Crippen LogP contribution in [0, 0.1) is 6.92 Å². The third-order valence-corrected chi connectivity index (χ3v) is 4.26. The molecule has 0 bridgehead atoms. The van der Waals surface area contributed by atoms with Crippen LogP contribution in [-0.2, 0) is 5.54 Å². The Morgan fingerprint density at radius 1 is 1.15 bits per heavy atom. The first kappa shape index (κ1) is 15.1. The van der Waals surface area contributed by atoms with E-state index in [-0.39, 0.29) is 6.61 Å². The minimum Gasteiger partial charge on any atom is -0.394 e. The van der Waals surface area contributed by atoms with Crippen LogP contribution in [0.2, 0.25) is 0 Å². The fraction of sp³-hybridized carbons (Fsp3) is 0.294. The Kier molecular flexibility index (Phi) is 4.84. The second kappa shape index (κ2) is 6.42. The number of para-hydroxylation sites is 1. The number of aliphatic hydroxyl groups excluding tert-OH is 1. The molecule has 0 aliphatic rings. The molecule has 2 nitrogen and oxygen atoms in total. The highest BCUT2D eigenvalue weighted by molar-refractivity contribution is 9.10. The molecule has 20 heavy (non-hydrogen) atoms. The Morgan fingerprint density at radius 2 is 1.90 bits per heavy atom. The van der Waals surface area contributed by atoms with Gasteiger partial charge in [-0.3, -0.25) is 0 Å². The van der Waals surface area contributed by atoms with E-state index in [9.17, 15) is 5.11 Å². The lowest BCUT2D eigenvalue weighted by atomic mass is 9.87. The fourth-order valence-corrected chi connectivity index (χ4v) is 2.76. The van der Waals surface area contributed by atoms with Gasteiger partial charge in [0.05, 0.1) is 12.1 Å². The monoisotopic (exact) mass is 333 g/mol. The van der Waals surface area contributed by atoms with Gasteiger partial charge in [-0.25, -0.2) is 0 Å². The molecular weight excluding hydrogens is 314 g/mol. The predicted octanol–water partition coefficient (Wildman–Crippen LogP) is 4.47. The standard InChI is InChI=1S/C17H20BrNO/c1-3-17(12-20,14-8-6-9-15(18)11-14)19-16-10-5-4-7-13(16)2/h4-11,19-20H,3,12H2,1-2H3. The van der Waals surface area contributed by atoms with Crippen LogP contribution in [0.1, 0.15) is 24.5 Å². The van der Waals surface area contributed by atoms with Crippen LogP contribution in [0.15, 0.2) is 53.0 Å². The van der Waals surface area contributed by atoms with Crippen molar-refractivity contribution in [1.29, 1.82) is 0 Å². The van der Waals surface area contributed by atoms with Crippen molar-refractivity contribution in [3.63, 3.8) is 0 Å². The number of aliphatic hydroxyl groups is 1. The third kappa shape index (κ3) is 3.05. The van der Waals surface area contributed by atoms with Crippen LogP contribution in [0.4, 0.5) is 5.69 Å². The molecule has 106 valence electrons. The number of halogens is 1. The molecule has 0 saturated heterocycles. The fourth-order valence-electron chi connectivity index (χ4n) is 2.36. The van der Waals surface area contributed by atoms with Crippen LogP contribution in [0.5, 0.6) is 0 Å². The van der Waals surface area contributed by atoms with E-state index in [1.54, 1.807) is 0 Å². The summed E-state index contributed by atoms with van der Waals surface area (Å²) in [5.41, 5.74) is 2.85. The van der Waals surface area contributed by atoms with Crippen molar-refractivity contribution in [2.75, 3.05) is 11.9 Å². The third-order valence-electron chi connectivity index (χ3n) is 3.77. The van der Waals surface area contributed by atoms with Crippen LogP contribution < -0.4 is 5.32 Å². The first-order chi connectivity index (χ1) is 9.61. The summed E-state index contributed by atoms with van der Waals surface area (Å²) in [6, 6.07) is 16.3. The number of hydrogen-bond acceptors (Lipinski definition) is 2. The van der Waals surface area contributed by atoms with Gasteiger partial charge in [-0.2, -0.15) is 0 Å². The molecule has 1 unspecified atom stereocenters. The highest BCUT2D eigenvalue weighted by atomic mass is 79.9. The normalized spacial score (nSPS) is 13.8. The van der Waals surface area contributed by atoms with Crippen LogP contribution in [-0.4, -0.2) is 11.7 Å². The molecule has 2 N–H and O–H groups in total. The Balaban J connectivity index is 2.42. The zero-order valence-electron chi connectivity index (χ0n) is 11.9. The van der Waals surface area contributed by atoms with Gasteiger partial charge in [-0.15, -0.1) is 0 Å². The lowest BCUT2D eigenvalue weighted by Crippen LogP contribution is -2.38. The maximum atomic E-state index is 10.00. The second-order valence-corrected chi connectivity index (χ2v) is 5.96. The summed E-state index contributed by atoms with van der Waals surface area (Å²) < 4.78 is 1.02. The van der Waals surface area contributed by atoms with Crippen molar-refractivity contribution < 1.29 is 5.11 Å². The summed E-state index contributed by atoms with van der Waals surface area (Å²) in [5, 5.41) is 13.5. The molecule has 0 aliphatic heterocycles. The molecule has 3 heteroatoms. The topological polar surface area (TPSA) is 32.3 Å². The second-order valence-electron chi connectivity index (χ2n) is 5.04. The van der Waals surface area contributed by atoms with Gasteiger partial charge in [-0.1, -0.05) is 53.2 Å². The summed E-state index contributed by atoms with van der Waals surface area (Å²) in [7, 11) is 0. The Bertz CT molecular complexity index is 579. The lowest BCUT2D eigenvalue weighted by Gasteiger charge is -2.34. The number of aryl methyl sites for hydroxylation is 1. The van der Waals surface area contributed by atoms with E-state index in [1.165, 1.54) is 5.56 Å². The number of benzene rings is 2. The minimum atomic E-state index is -0.462. The average Bonchev–Trinajstić information content (AvgIpc) is 2.47. The maximum absolute atomic E-state index is 10.00. The molecule has 0 fully saturated rings. The Morgan fingerprint density at radius 3 is 2.50 bits per heavy atom. The average molecular weight is 334 g/mol. The van der Waals surface area contributed by atoms with Crippen molar-refractivity contribution in [3.05, 3.63) is 64.1 Å². The molecule has 0 amide bonds. The molecule has 0 radical (unpaired) electrons. The molecule has 2 rings (SSSR count). The highest BCUT2D eigenvalue weighted by Crippen LogP contribution is 2.32. The Hall–Kier alpha value is -1.32. The van der Waals surface area contributed by atoms with Gasteiger partial charge in [0.1, 0.15) is 0 Å². The predicted molar refractivity (Wildman–Crippen MR) is 88.0 cm³/mol. The van der Waals surface area contributed by atoms with Crippen molar-refractivity contribution in [3.8, 4) is 0 Å². The lowest BCUT2D eigenvalue weighted by molar-refractivity contribution is 0.207. The molecule has 0 saturated carbocycles. The zero-order chi connectivity index (χ0) is 14.6. The first-order valence-corrected chi connectivity index (χ1v) is 7.61. The maximum Gasteiger partial charge on any atom is 0.0854 e. The van der Waals surface area contributed by atoms with Gasteiger partial charge >= 0.3 is 0 Å². The van der Waals surface area contributed by atoms with Crippen molar-refractivity contribution in [1.82, 2.24) is 0 Å². The largest absolute Gasteiger partial charge is 0.394 e. The van der Waals surface area contributed by atoms with Crippen LogP contribution in [0.25, 0.3) is 0 Å². The number of anilines is 1. The molecule has 2 aromatic carbocycles. The van der Waals surface area contributed by atoms with Crippen LogP contribution >= 0.6 is 15.9 Å². The van der Waals surface area contributed by atoms with E-state index in [1.807, 2.05) is 30.3 Å². The summed E-state index contributed by atoms with van der Waals surface area (Å²) in [4.78, 5) is 0. The van der Waals surface area contributed by atoms with Gasteiger partial charge in [0.25, 0.3) is 0 Å². The van der Waals surface area contributed by atoms with E-state index >= 15 is 0 Å². The molecule has 0 spiro atoms. The summed E-state index contributed by atoms with van der Waals surface area (Å²) >= 11 is 3.50. The number of rotatable bonds is 5. The van der Waals surface area contributed by atoms with Gasteiger partial charge in [0.15, 0.2) is 0 Å². The van der Waals surface area contributed by atoms with E-state index in [2.05, 4.69) is 53.3 Å². The minimum absolute atomic E-state index is 0.0499. The van der Waals surface area contributed by atoms with Gasteiger partial charge < -0.3 is 10.4 Å². The van der Waals surface area contributed by atoms with E-state index in [0.29, 0.717) is 0 Å². The highest BCUT2D eigenvalue weighted by Gasteiger charge is 2.30. The van der Waals surface area contributed by atoms with E-state index in [0.717, 1.165) is 22.1 Å². The van der Waals surface area contributed by atoms with E-state index < -0.39 is 5.54 Å². The van der Waals surface area contributed by atoms with Gasteiger partial charge in [0.2, 0.25) is 0 Å². The summed E-state index contributed by atoms with van der Waals surface area (Å²) in [6.07, 6.45) is 0.800. The molecular formula is C17H20BrNO. The molecule has 0 heterocycles. The SMILES string of the molecule is CCC(CO)(Nc1ccccc1C)c1cccc(Br)c1. The molecule has 0 aromatic heterocycles. The van der Waals surface area contributed by atoms with Crippen molar-refractivity contribution in [2.45, 2.75) is 25.8 Å². The quantitative estimate of drug-likeness (QED) is 0.846. The first-order valence-electron chi connectivity index (χ1n) is 6.82. The van der Waals surface area contributed by atoms with Crippen molar-refractivity contribution >= 4 is 21.6 Å². The zero-order valence-corrected chi connectivity index (χ0v) is 13.4. The molecule has 2 aromatic rings. The van der Waals surface area contributed by atoms with Crippen LogP contribution in [0.3, 0.4) is 0 Å². The molecule has 1 atom stereocenters.